The summed E-state index contributed by atoms with van der Waals surface area (Å²) in [5.41, 5.74) is 0.801. The Morgan fingerprint density at radius 1 is 1.25 bits per heavy atom. The topological polar surface area (TPSA) is 34.4 Å². The molecular weight excluding hydrogens is 257 g/mol. The second-order valence-corrected chi connectivity index (χ2v) is 4.71. The largest absolute Gasteiger partial charge is 0.496 e. The van der Waals surface area contributed by atoms with E-state index in [0.29, 0.717) is 12.3 Å². The van der Waals surface area contributed by atoms with Gasteiger partial charge in [0.25, 0.3) is 0 Å². The van der Waals surface area contributed by atoms with E-state index >= 15 is 0 Å². The Morgan fingerprint density at radius 3 is 2.65 bits per heavy atom. The number of hydrogen-bond acceptors (Lipinski definition) is 3. The van der Waals surface area contributed by atoms with Crippen molar-refractivity contribution in [3.63, 3.8) is 0 Å². The van der Waals surface area contributed by atoms with E-state index in [2.05, 4.69) is 12.2 Å². The lowest BCUT2D eigenvalue weighted by molar-refractivity contribution is 0.394. The lowest BCUT2D eigenvalue weighted by Gasteiger charge is -2.16. The summed E-state index contributed by atoms with van der Waals surface area (Å²) in [4.78, 5) is 0. The monoisotopic (exact) mass is 277 g/mol. The highest BCUT2D eigenvalue weighted by Gasteiger charge is 2.13. The highest BCUT2D eigenvalue weighted by atomic mass is 19.1. The zero-order valence-electron chi connectivity index (χ0n) is 12.1. The molecule has 1 aromatic carbocycles. The van der Waals surface area contributed by atoms with Crippen molar-refractivity contribution in [2.45, 2.75) is 32.9 Å². The molecule has 2 aromatic rings. The quantitative estimate of drug-likeness (QED) is 0.871. The number of aryl methyl sites for hydroxylation is 1. The lowest BCUT2D eigenvalue weighted by Crippen LogP contribution is -2.18. The van der Waals surface area contributed by atoms with Crippen LogP contribution in [0.3, 0.4) is 0 Å². The molecule has 0 bridgehead atoms. The van der Waals surface area contributed by atoms with Crippen molar-refractivity contribution in [1.82, 2.24) is 5.32 Å². The van der Waals surface area contributed by atoms with Crippen molar-refractivity contribution >= 4 is 0 Å². The SMILES string of the molecule is CCc1ccc(CNC(C)c2cc(F)ccc2OC)o1. The summed E-state index contributed by atoms with van der Waals surface area (Å²) in [5.74, 6) is 2.27. The molecule has 1 atom stereocenters. The first kappa shape index (κ1) is 14.6. The molecule has 0 radical (unpaired) electrons. The van der Waals surface area contributed by atoms with Gasteiger partial charge in [-0.3, -0.25) is 0 Å². The highest BCUT2D eigenvalue weighted by Crippen LogP contribution is 2.26. The molecule has 0 amide bonds. The van der Waals surface area contributed by atoms with Crippen LogP contribution >= 0.6 is 0 Å². The van der Waals surface area contributed by atoms with Crippen LogP contribution in [0.5, 0.6) is 5.75 Å². The standard InChI is InChI=1S/C16H20FNO2/c1-4-13-6-7-14(20-13)10-18-11(2)15-9-12(17)5-8-16(15)19-3/h5-9,11,18H,4,10H2,1-3H3. The summed E-state index contributed by atoms with van der Waals surface area (Å²) >= 11 is 0. The normalized spacial score (nSPS) is 12.4. The van der Waals surface area contributed by atoms with E-state index in [1.807, 2.05) is 19.1 Å². The molecule has 0 fully saturated rings. The number of nitrogens with one attached hydrogen (secondary N) is 1. The van der Waals surface area contributed by atoms with Gasteiger partial charge in [0, 0.05) is 18.0 Å². The maximum absolute atomic E-state index is 13.4. The Kier molecular flexibility index (Phi) is 4.79. The number of halogens is 1. The van der Waals surface area contributed by atoms with E-state index in [0.717, 1.165) is 23.5 Å². The van der Waals surface area contributed by atoms with Crippen molar-refractivity contribution in [2.75, 3.05) is 7.11 Å². The Balaban J connectivity index is 2.04. The fraction of sp³-hybridized carbons (Fsp3) is 0.375. The zero-order chi connectivity index (χ0) is 14.5. The molecule has 0 aliphatic carbocycles. The van der Waals surface area contributed by atoms with E-state index in [9.17, 15) is 4.39 Å². The molecule has 0 spiro atoms. The summed E-state index contributed by atoms with van der Waals surface area (Å²) < 4.78 is 24.3. The fourth-order valence-electron chi connectivity index (χ4n) is 2.11. The third kappa shape index (κ3) is 3.39. The van der Waals surface area contributed by atoms with Crippen LogP contribution in [0.25, 0.3) is 0 Å². The van der Waals surface area contributed by atoms with E-state index < -0.39 is 0 Å². The van der Waals surface area contributed by atoms with Crippen molar-refractivity contribution < 1.29 is 13.5 Å². The first-order valence-corrected chi connectivity index (χ1v) is 6.78. The van der Waals surface area contributed by atoms with Crippen LogP contribution < -0.4 is 10.1 Å². The summed E-state index contributed by atoms with van der Waals surface area (Å²) in [6.45, 7) is 4.62. The minimum Gasteiger partial charge on any atom is -0.496 e. The van der Waals surface area contributed by atoms with Gasteiger partial charge in [-0.1, -0.05) is 6.92 Å². The van der Waals surface area contributed by atoms with E-state index in [-0.39, 0.29) is 11.9 Å². The summed E-state index contributed by atoms with van der Waals surface area (Å²) in [6, 6.07) is 8.44. The van der Waals surface area contributed by atoms with Crippen molar-refractivity contribution in [1.29, 1.82) is 0 Å². The molecule has 2 rings (SSSR count). The first-order valence-electron chi connectivity index (χ1n) is 6.78. The maximum atomic E-state index is 13.4. The molecule has 0 saturated heterocycles. The molecule has 0 aliphatic heterocycles. The summed E-state index contributed by atoms with van der Waals surface area (Å²) in [6.07, 6.45) is 0.882. The predicted octanol–water partition coefficient (Wildman–Crippen LogP) is 3.84. The third-order valence-electron chi connectivity index (χ3n) is 3.31. The molecular formula is C16H20FNO2. The maximum Gasteiger partial charge on any atom is 0.123 e. The number of methoxy groups -OCH3 is 1. The summed E-state index contributed by atoms with van der Waals surface area (Å²) in [7, 11) is 1.59. The van der Waals surface area contributed by atoms with E-state index in [1.54, 1.807) is 13.2 Å². The number of benzene rings is 1. The molecule has 1 N–H and O–H groups in total. The molecule has 0 saturated carbocycles. The van der Waals surface area contributed by atoms with Gasteiger partial charge in [-0.2, -0.15) is 0 Å². The Labute approximate surface area is 118 Å². The average molecular weight is 277 g/mol. The van der Waals surface area contributed by atoms with Crippen LogP contribution in [0.4, 0.5) is 4.39 Å². The number of furan rings is 1. The van der Waals surface area contributed by atoms with Crippen molar-refractivity contribution in [3.8, 4) is 5.75 Å². The van der Waals surface area contributed by atoms with Gasteiger partial charge in [0.1, 0.15) is 23.1 Å². The number of rotatable bonds is 6. The first-order chi connectivity index (χ1) is 9.63. The minimum atomic E-state index is -0.263. The Bertz CT molecular complexity index is 565. The van der Waals surface area contributed by atoms with Crippen LogP contribution in [-0.4, -0.2) is 7.11 Å². The zero-order valence-corrected chi connectivity index (χ0v) is 12.1. The van der Waals surface area contributed by atoms with Crippen LogP contribution in [0.1, 0.15) is 37.0 Å². The van der Waals surface area contributed by atoms with Crippen LogP contribution in [0, 0.1) is 5.82 Å². The van der Waals surface area contributed by atoms with Crippen LogP contribution in [0.15, 0.2) is 34.7 Å². The molecule has 1 unspecified atom stereocenters. The Hall–Kier alpha value is -1.81. The van der Waals surface area contributed by atoms with Crippen LogP contribution in [0.2, 0.25) is 0 Å². The molecule has 20 heavy (non-hydrogen) atoms. The fourth-order valence-corrected chi connectivity index (χ4v) is 2.11. The van der Waals surface area contributed by atoms with Gasteiger partial charge in [0.2, 0.25) is 0 Å². The molecule has 108 valence electrons. The van der Waals surface area contributed by atoms with Gasteiger partial charge in [-0.25, -0.2) is 4.39 Å². The number of ether oxygens (including phenoxy) is 1. The second kappa shape index (κ2) is 6.57. The third-order valence-corrected chi connectivity index (χ3v) is 3.31. The Morgan fingerprint density at radius 2 is 2.00 bits per heavy atom. The smallest absolute Gasteiger partial charge is 0.123 e. The molecule has 1 aromatic heterocycles. The predicted molar refractivity (Wildman–Crippen MR) is 76.3 cm³/mol. The van der Waals surface area contributed by atoms with E-state index in [1.165, 1.54) is 12.1 Å². The number of hydrogen-bond donors (Lipinski definition) is 1. The summed E-state index contributed by atoms with van der Waals surface area (Å²) in [5, 5.41) is 3.31. The van der Waals surface area contributed by atoms with Crippen molar-refractivity contribution in [3.05, 3.63) is 53.2 Å². The lowest BCUT2D eigenvalue weighted by atomic mass is 10.1. The molecule has 3 nitrogen and oxygen atoms in total. The second-order valence-electron chi connectivity index (χ2n) is 4.71. The van der Waals surface area contributed by atoms with Gasteiger partial charge >= 0.3 is 0 Å². The van der Waals surface area contributed by atoms with Gasteiger partial charge in [-0.05, 0) is 37.3 Å². The minimum absolute atomic E-state index is 0.0316. The van der Waals surface area contributed by atoms with Gasteiger partial charge in [0.15, 0.2) is 0 Å². The molecule has 1 heterocycles. The van der Waals surface area contributed by atoms with Crippen LogP contribution in [-0.2, 0) is 13.0 Å². The average Bonchev–Trinajstić information content (AvgIpc) is 2.92. The molecule has 0 aliphatic rings. The highest BCUT2D eigenvalue weighted by molar-refractivity contribution is 5.36. The van der Waals surface area contributed by atoms with Gasteiger partial charge in [-0.15, -0.1) is 0 Å². The van der Waals surface area contributed by atoms with Gasteiger partial charge in [0.05, 0.1) is 13.7 Å². The molecule has 4 heteroatoms. The van der Waals surface area contributed by atoms with Crippen molar-refractivity contribution in [2.24, 2.45) is 0 Å². The van der Waals surface area contributed by atoms with E-state index in [4.69, 9.17) is 9.15 Å². The van der Waals surface area contributed by atoms with Gasteiger partial charge < -0.3 is 14.5 Å².